The zero-order valence-corrected chi connectivity index (χ0v) is 12.9. The summed E-state index contributed by atoms with van der Waals surface area (Å²) in [6, 6.07) is 5.94. The average molecular weight is 287 g/mol. The number of ketones is 1. The lowest BCUT2D eigenvalue weighted by Gasteiger charge is -2.24. The predicted molar refractivity (Wildman–Crippen MR) is 84.0 cm³/mol. The Morgan fingerprint density at radius 2 is 1.95 bits per heavy atom. The Kier molecular flexibility index (Phi) is 4.59. The fourth-order valence-corrected chi connectivity index (χ4v) is 3.43. The molecule has 3 rings (SSSR count). The van der Waals surface area contributed by atoms with Crippen molar-refractivity contribution in [3.63, 3.8) is 0 Å². The molecule has 0 radical (unpaired) electrons. The van der Waals surface area contributed by atoms with E-state index in [1.54, 1.807) is 0 Å². The number of fused-ring (bicyclic) bond motifs is 1. The maximum Gasteiger partial charge on any atom is 0.171 e. The number of hydrogen-bond acceptors (Lipinski definition) is 3. The van der Waals surface area contributed by atoms with Crippen molar-refractivity contribution in [2.24, 2.45) is 5.92 Å². The average Bonchev–Trinajstić information content (AvgIpc) is 2.81. The number of likely N-dealkylation sites (tertiary alicyclic amines) is 1. The third-order valence-electron chi connectivity index (χ3n) is 4.67. The van der Waals surface area contributed by atoms with Crippen LogP contribution in [0.3, 0.4) is 0 Å². The van der Waals surface area contributed by atoms with E-state index in [0.717, 1.165) is 42.9 Å². The molecule has 0 bridgehead atoms. The highest BCUT2D eigenvalue weighted by Crippen LogP contribution is 2.28. The van der Waals surface area contributed by atoms with Gasteiger partial charge in [0.25, 0.3) is 0 Å². The summed E-state index contributed by atoms with van der Waals surface area (Å²) in [6.07, 6.45) is 6.05. The summed E-state index contributed by atoms with van der Waals surface area (Å²) in [4.78, 5) is 15.3. The van der Waals surface area contributed by atoms with Gasteiger partial charge < -0.3 is 9.64 Å². The van der Waals surface area contributed by atoms with Crippen molar-refractivity contribution < 1.29 is 9.53 Å². The quantitative estimate of drug-likeness (QED) is 0.834. The van der Waals surface area contributed by atoms with Gasteiger partial charge in [-0.1, -0.05) is 24.5 Å². The minimum absolute atomic E-state index is 0.0890. The summed E-state index contributed by atoms with van der Waals surface area (Å²) >= 11 is 0. The Hall–Kier alpha value is -1.35. The largest absolute Gasteiger partial charge is 0.493 e. The van der Waals surface area contributed by atoms with Crippen LogP contribution in [0.25, 0.3) is 0 Å². The van der Waals surface area contributed by atoms with Crippen molar-refractivity contribution in [3.05, 3.63) is 29.3 Å². The van der Waals surface area contributed by atoms with Crippen molar-refractivity contribution >= 4 is 5.78 Å². The Morgan fingerprint density at radius 3 is 2.71 bits per heavy atom. The molecular weight excluding hydrogens is 262 g/mol. The SMILES string of the molecule is Cc1ccc2c(c1)C(=O)C(CN1CCCCCC1)CCO2. The van der Waals surface area contributed by atoms with E-state index in [1.165, 1.54) is 25.7 Å². The molecule has 0 N–H and O–H groups in total. The third kappa shape index (κ3) is 3.46. The molecule has 1 atom stereocenters. The minimum Gasteiger partial charge on any atom is -0.493 e. The number of aryl methyl sites for hydroxylation is 1. The van der Waals surface area contributed by atoms with Gasteiger partial charge in [0.1, 0.15) is 5.75 Å². The van der Waals surface area contributed by atoms with Crippen molar-refractivity contribution in [2.75, 3.05) is 26.2 Å². The van der Waals surface area contributed by atoms with Crippen LogP contribution >= 0.6 is 0 Å². The van der Waals surface area contributed by atoms with Crippen LogP contribution in [0.5, 0.6) is 5.75 Å². The number of ether oxygens (including phenoxy) is 1. The third-order valence-corrected chi connectivity index (χ3v) is 4.67. The van der Waals surface area contributed by atoms with Crippen LogP contribution < -0.4 is 4.74 Å². The van der Waals surface area contributed by atoms with Crippen molar-refractivity contribution in [2.45, 2.75) is 39.0 Å². The summed E-state index contributed by atoms with van der Waals surface area (Å²) < 4.78 is 5.78. The van der Waals surface area contributed by atoms with E-state index in [4.69, 9.17) is 4.74 Å². The summed E-state index contributed by atoms with van der Waals surface area (Å²) in [7, 11) is 0. The van der Waals surface area contributed by atoms with Gasteiger partial charge in [0, 0.05) is 12.5 Å². The lowest BCUT2D eigenvalue weighted by molar-refractivity contribution is 0.0873. The molecule has 2 heterocycles. The standard InChI is InChI=1S/C18H25NO2/c1-14-6-7-17-16(12-14)18(20)15(8-11-21-17)13-19-9-4-2-3-5-10-19/h6-7,12,15H,2-5,8-11,13H2,1H3. The van der Waals surface area contributed by atoms with Gasteiger partial charge in [0.15, 0.2) is 5.78 Å². The first-order valence-corrected chi connectivity index (χ1v) is 8.24. The zero-order valence-electron chi connectivity index (χ0n) is 12.9. The molecule has 3 heteroatoms. The number of benzene rings is 1. The maximum absolute atomic E-state index is 12.8. The second-order valence-corrected chi connectivity index (χ2v) is 6.41. The van der Waals surface area contributed by atoms with Gasteiger partial charge in [0.05, 0.1) is 12.2 Å². The first kappa shape index (κ1) is 14.6. The van der Waals surface area contributed by atoms with Gasteiger partial charge in [-0.3, -0.25) is 4.79 Å². The highest BCUT2D eigenvalue weighted by Gasteiger charge is 2.28. The summed E-state index contributed by atoms with van der Waals surface area (Å²) in [6.45, 7) is 5.87. The monoisotopic (exact) mass is 287 g/mol. The molecule has 0 saturated carbocycles. The highest BCUT2D eigenvalue weighted by molar-refractivity contribution is 6.00. The normalized spacial score (nSPS) is 23.9. The summed E-state index contributed by atoms with van der Waals surface area (Å²) in [5.74, 6) is 1.13. The van der Waals surface area contributed by atoms with Crippen LogP contribution in [0.1, 0.15) is 48.0 Å². The van der Waals surface area contributed by atoms with Crippen molar-refractivity contribution in [3.8, 4) is 5.75 Å². The van der Waals surface area contributed by atoms with E-state index in [1.807, 2.05) is 25.1 Å². The van der Waals surface area contributed by atoms with Crippen LogP contribution in [0.4, 0.5) is 0 Å². The van der Waals surface area contributed by atoms with Gasteiger partial charge in [0.2, 0.25) is 0 Å². The number of carbonyl (C=O) groups excluding carboxylic acids is 1. The first-order valence-electron chi connectivity index (χ1n) is 8.24. The molecule has 21 heavy (non-hydrogen) atoms. The minimum atomic E-state index is 0.0890. The fourth-order valence-electron chi connectivity index (χ4n) is 3.43. The molecule has 2 aliphatic rings. The smallest absolute Gasteiger partial charge is 0.171 e. The Bertz CT molecular complexity index is 504. The van der Waals surface area contributed by atoms with Gasteiger partial charge in [-0.2, -0.15) is 0 Å². The van der Waals surface area contributed by atoms with Crippen LogP contribution in [0, 0.1) is 12.8 Å². The van der Waals surface area contributed by atoms with Crippen molar-refractivity contribution in [1.29, 1.82) is 0 Å². The molecule has 0 amide bonds. The van der Waals surface area contributed by atoms with Gasteiger partial charge in [-0.25, -0.2) is 0 Å². The van der Waals surface area contributed by atoms with Crippen LogP contribution in [0.15, 0.2) is 18.2 Å². The Morgan fingerprint density at radius 1 is 1.19 bits per heavy atom. The van der Waals surface area contributed by atoms with E-state index in [-0.39, 0.29) is 11.7 Å². The predicted octanol–water partition coefficient (Wildman–Crippen LogP) is 3.45. The number of rotatable bonds is 2. The maximum atomic E-state index is 12.8. The van der Waals surface area contributed by atoms with Gasteiger partial charge in [-0.15, -0.1) is 0 Å². The Labute approximate surface area is 127 Å². The molecule has 1 aromatic carbocycles. The highest BCUT2D eigenvalue weighted by atomic mass is 16.5. The van der Waals surface area contributed by atoms with E-state index in [0.29, 0.717) is 6.61 Å². The second-order valence-electron chi connectivity index (χ2n) is 6.41. The van der Waals surface area contributed by atoms with Gasteiger partial charge in [-0.05, 0) is 51.4 Å². The molecule has 1 saturated heterocycles. The van der Waals surface area contributed by atoms with Crippen molar-refractivity contribution in [1.82, 2.24) is 4.90 Å². The molecule has 1 fully saturated rings. The van der Waals surface area contributed by atoms with E-state index in [2.05, 4.69) is 4.90 Å². The Balaban J connectivity index is 1.75. The first-order chi connectivity index (χ1) is 10.2. The lowest BCUT2D eigenvalue weighted by Crippen LogP contribution is -2.34. The number of hydrogen-bond donors (Lipinski definition) is 0. The van der Waals surface area contributed by atoms with Crippen LogP contribution in [-0.4, -0.2) is 36.9 Å². The summed E-state index contributed by atoms with van der Waals surface area (Å²) in [5, 5.41) is 0. The van der Waals surface area contributed by atoms with E-state index in [9.17, 15) is 4.79 Å². The molecular formula is C18H25NO2. The van der Waals surface area contributed by atoms with Crippen LogP contribution in [-0.2, 0) is 0 Å². The molecule has 2 aliphatic heterocycles. The molecule has 114 valence electrons. The van der Waals surface area contributed by atoms with E-state index >= 15 is 0 Å². The summed E-state index contributed by atoms with van der Waals surface area (Å²) in [5.41, 5.74) is 1.91. The number of carbonyl (C=O) groups is 1. The topological polar surface area (TPSA) is 29.5 Å². The number of Topliss-reactive ketones (excluding diaryl/α,β-unsaturated/α-hetero) is 1. The van der Waals surface area contributed by atoms with E-state index < -0.39 is 0 Å². The molecule has 1 aromatic rings. The fraction of sp³-hybridized carbons (Fsp3) is 0.611. The van der Waals surface area contributed by atoms with Gasteiger partial charge >= 0.3 is 0 Å². The number of nitrogens with zero attached hydrogens (tertiary/aromatic N) is 1. The second kappa shape index (κ2) is 6.61. The molecule has 1 unspecified atom stereocenters. The molecule has 0 aromatic heterocycles. The molecule has 3 nitrogen and oxygen atoms in total. The van der Waals surface area contributed by atoms with Crippen LogP contribution in [0.2, 0.25) is 0 Å². The lowest BCUT2D eigenvalue weighted by atomic mass is 9.93. The zero-order chi connectivity index (χ0) is 14.7. The molecule has 0 aliphatic carbocycles. The molecule has 0 spiro atoms.